The fourth-order valence-electron chi connectivity index (χ4n) is 8.03. The lowest BCUT2D eigenvalue weighted by molar-refractivity contribution is 0.436. The molecule has 9 rings (SSSR count). The molecule has 5 nitrogen and oxygen atoms in total. The summed E-state index contributed by atoms with van der Waals surface area (Å²) in [7, 11) is 0. The van der Waals surface area contributed by atoms with Crippen LogP contribution >= 0.6 is 0 Å². The van der Waals surface area contributed by atoms with Gasteiger partial charge in [0.15, 0.2) is 0 Å². The Kier molecular flexibility index (Phi) is 8.88. The maximum atomic E-state index is 6.87. The van der Waals surface area contributed by atoms with Gasteiger partial charge in [-0.25, -0.2) is 4.99 Å². The minimum Gasteiger partial charge on any atom is -0.457 e. The van der Waals surface area contributed by atoms with Crippen molar-refractivity contribution >= 4 is 11.5 Å². The minimum absolute atomic E-state index is 0.333. The summed E-state index contributed by atoms with van der Waals surface area (Å²) in [6.45, 7) is 7.96. The van der Waals surface area contributed by atoms with Crippen molar-refractivity contribution in [2.24, 2.45) is 10.7 Å². The maximum absolute atomic E-state index is 6.87. The van der Waals surface area contributed by atoms with E-state index in [0.717, 1.165) is 56.4 Å². The van der Waals surface area contributed by atoms with Crippen LogP contribution in [0.25, 0.3) is 39.3 Å². The summed E-state index contributed by atoms with van der Waals surface area (Å²) >= 11 is 0. The van der Waals surface area contributed by atoms with Crippen molar-refractivity contribution in [3.63, 3.8) is 0 Å². The fraction of sp³-hybridized carbons (Fsp3) is 0.0392. The smallest absolute Gasteiger partial charge is 0.132 e. The molecule has 0 amide bonds. The van der Waals surface area contributed by atoms with E-state index in [2.05, 4.69) is 138 Å². The zero-order valence-electron chi connectivity index (χ0n) is 30.8. The summed E-state index contributed by atoms with van der Waals surface area (Å²) in [5.41, 5.74) is 20.0. The Bertz CT molecular complexity index is 2700. The molecule has 1 aliphatic carbocycles. The number of hydrogen-bond donors (Lipinski definition) is 1. The highest BCUT2D eigenvalue weighted by molar-refractivity contribution is 6.02. The van der Waals surface area contributed by atoms with Gasteiger partial charge in [-0.2, -0.15) is 0 Å². The summed E-state index contributed by atoms with van der Waals surface area (Å²) in [6, 6.07) is 50.8. The van der Waals surface area contributed by atoms with E-state index in [-0.39, 0.29) is 0 Å². The molecule has 1 aliphatic heterocycles. The number of amidine groups is 1. The average Bonchev–Trinajstić information content (AvgIpc) is 3.55. The predicted octanol–water partition coefficient (Wildman–Crippen LogP) is 11.5. The van der Waals surface area contributed by atoms with Crippen LogP contribution in [0.4, 0.5) is 0 Å². The molecule has 2 aromatic heterocycles. The van der Waals surface area contributed by atoms with Gasteiger partial charge in [-0.15, -0.1) is 0 Å². The standard InChI is InChI=1S/C51H38N4O/c1-3-4-14-34(2)50(52)55-45(25-22-35-15-6-5-7-16-35)38-24-27-49-44(32-38)51(41-19-10-8-17-39(41)40-18-9-11-20-42(40)51)43-31-36(23-26-48(43)56-49)37-28-30-54-47(33-37)46-21-12-13-29-53-46/h3-21,23-33H,1-2,22H2,(H2,52,55)/b14-4-,45-25-. The van der Waals surface area contributed by atoms with Crippen LogP contribution in [0.3, 0.4) is 0 Å². The maximum Gasteiger partial charge on any atom is 0.132 e. The second kappa shape index (κ2) is 14.5. The number of rotatable bonds is 9. The molecule has 2 aliphatic rings. The van der Waals surface area contributed by atoms with Crippen LogP contribution in [-0.4, -0.2) is 15.8 Å². The first kappa shape index (κ1) is 34.4. The molecule has 1 spiro atoms. The van der Waals surface area contributed by atoms with Crippen molar-refractivity contribution in [1.82, 2.24) is 9.97 Å². The van der Waals surface area contributed by atoms with Gasteiger partial charge < -0.3 is 10.5 Å². The third kappa shape index (κ3) is 5.96. The summed E-state index contributed by atoms with van der Waals surface area (Å²) < 4.78 is 6.87. The highest BCUT2D eigenvalue weighted by Crippen LogP contribution is 2.62. The first-order chi connectivity index (χ1) is 27.5. The Labute approximate surface area is 327 Å². The highest BCUT2D eigenvalue weighted by atomic mass is 16.5. The van der Waals surface area contributed by atoms with Gasteiger partial charge in [-0.3, -0.25) is 9.97 Å². The molecule has 3 heterocycles. The van der Waals surface area contributed by atoms with Gasteiger partial charge in [0.1, 0.15) is 17.3 Å². The molecule has 5 aromatic carbocycles. The number of nitrogens with two attached hydrogens (primary N) is 1. The van der Waals surface area contributed by atoms with Gasteiger partial charge in [0, 0.05) is 34.7 Å². The molecule has 0 saturated carbocycles. The molecule has 56 heavy (non-hydrogen) atoms. The molecular weight excluding hydrogens is 685 g/mol. The van der Waals surface area contributed by atoms with Crippen LogP contribution < -0.4 is 10.5 Å². The van der Waals surface area contributed by atoms with Crippen molar-refractivity contribution < 1.29 is 4.74 Å². The van der Waals surface area contributed by atoms with Crippen molar-refractivity contribution in [1.29, 1.82) is 0 Å². The van der Waals surface area contributed by atoms with Gasteiger partial charge in [0.25, 0.3) is 0 Å². The number of nitrogens with zero attached hydrogens (tertiary/aromatic N) is 3. The molecule has 5 heteroatoms. The van der Waals surface area contributed by atoms with E-state index in [0.29, 0.717) is 17.8 Å². The number of aromatic nitrogens is 2. The minimum atomic E-state index is -0.699. The van der Waals surface area contributed by atoms with E-state index in [9.17, 15) is 0 Å². The van der Waals surface area contributed by atoms with Crippen LogP contribution in [0.2, 0.25) is 0 Å². The summed E-state index contributed by atoms with van der Waals surface area (Å²) in [4.78, 5) is 14.2. The van der Waals surface area contributed by atoms with Crippen LogP contribution in [0, 0.1) is 0 Å². The van der Waals surface area contributed by atoms with E-state index in [1.807, 2.05) is 54.7 Å². The van der Waals surface area contributed by atoms with Crippen LogP contribution in [0.5, 0.6) is 11.5 Å². The van der Waals surface area contributed by atoms with Crippen LogP contribution in [0.1, 0.15) is 33.4 Å². The first-order valence-corrected chi connectivity index (χ1v) is 18.7. The summed E-state index contributed by atoms with van der Waals surface area (Å²) in [5.74, 6) is 1.94. The molecule has 7 aromatic rings. The Balaban J connectivity index is 1.27. The molecular formula is C51H38N4O. The second-order valence-electron chi connectivity index (χ2n) is 13.9. The largest absolute Gasteiger partial charge is 0.457 e. The lowest BCUT2D eigenvalue weighted by atomic mass is 9.65. The fourth-order valence-corrected chi connectivity index (χ4v) is 8.03. The summed E-state index contributed by atoms with van der Waals surface area (Å²) in [6.07, 6.45) is 11.8. The zero-order chi connectivity index (χ0) is 38.1. The van der Waals surface area contributed by atoms with Gasteiger partial charge in [-0.1, -0.05) is 128 Å². The van der Waals surface area contributed by atoms with Crippen LogP contribution in [-0.2, 0) is 11.8 Å². The Morgan fingerprint density at radius 3 is 2.05 bits per heavy atom. The van der Waals surface area contributed by atoms with Crippen LogP contribution in [0.15, 0.2) is 206 Å². The average molecular weight is 723 g/mol. The quantitative estimate of drug-likeness (QED) is 0.0914. The number of ether oxygens (including phenoxy) is 1. The van der Waals surface area contributed by atoms with E-state index in [4.69, 9.17) is 15.5 Å². The van der Waals surface area contributed by atoms with Gasteiger partial charge >= 0.3 is 0 Å². The number of aliphatic imine (C=N–C) groups is 1. The highest BCUT2D eigenvalue weighted by Gasteiger charge is 2.51. The predicted molar refractivity (Wildman–Crippen MR) is 229 cm³/mol. The molecule has 0 atom stereocenters. The van der Waals surface area contributed by atoms with E-state index < -0.39 is 5.41 Å². The molecule has 0 radical (unpaired) electrons. The van der Waals surface area contributed by atoms with E-state index >= 15 is 0 Å². The Hall–Kier alpha value is -7.37. The van der Waals surface area contributed by atoms with Gasteiger partial charge in [0.2, 0.25) is 0 Å². The van der Waals surface area contributed by atoms with Gasteiger partial charge in [0.05, 0.1) is 22.5 Å². The first-order valence-electron chi connectivity index (χ1n) is 18.7. The number of allylic oxidation sites excluding steroid dienone is 3. The third-order valence-corrected chi connectivity index (χ3v) is 10.6. The van der Waals surface area contributed by atoms with Crippen molar-refractivity contribution in [3.8, 4) is 45.1 Å². The van der Waals surface area contributed by atoms with Gasteiger partial charge in [-0.05, 0) is 100.0 Å². The SMILES string of the molecule is C=C/C=C\C(=C)C(N)=N/C(=C\Cc1ccccc1)c1ccc2c(c1)C1(c3cc(-c4ccnc(-c5ccccn5)c4)ccc3O2)c2ccccc2-c2ccccc21. The lowest BCUT2D eigenvalue weighted by Gasteiger charge is -2.40. The molecule has 0 fully saturated rings. The summed E-state index contributed by atoms with van der Waals surface area (Å²) in [5, 5.41) is 0. The van der Waals surface area contributed by atoms with Crippen molar-refractivity contribution in [3.05, 3.63) is 234 Å². The number of hydrogen-bond acceptors (Lipinski definition) is 4. The Morgan fingerprint density at radius 1 is 0.661 bits per heavy atom. The third-order valence-electron chi connectivity index (χ3n) is 10.6. The lowest BCUT2D eigenvalue weighted by Crippen LogP contribution is -2.32. The Morgan fingerprint density at radius 2 is 1.32 bits per heavy atom. The number of benzene rings is 5. The number of fused-ring (bicyclic) bond motifs is 9. The number of pyridine rings is 2. The topological polar surface area (TPSA) is 73.4 Å². The molecule has 2 N–H and O–H groups in total. The molecule has 0 saturated heterocycles. The second-order valence-corrected chi connectivity index (χ2v) is 13.9. The van der Waals surface area contributed by atoms with E-state index in [1.54, 1.807) is 12.3 Å². The molecule has 268 valence electrons. The van der Waals surface area contributed by atoms with Crippen molar-refractivity contribution in [2.45, 2.75) is 11.8 Å². The monoisotopic (exact) mass is 722 g/mol. The van der Waals surface area contributed by atoms with E-state index in [1.165, 1.54) is 27.8 Å². The zero-order valence-corrected chi connectivity index (χ0v) is 30.8. The molecule has 0 unspecified atom stereocenters. The molecule has 0 bridgehead atoms. The van der Waals surface area contributed by atoms with Crippen molar-refractivity contribution in [2.75, 3.05) is 0 Å². The normalized spacial score (nSPS) is 13.7.